The van der Waals surface area contributed by atoms with Crippen LogP contribution in [0.25, 0.3) is 0 Å². The first-order valence-electron chi connectivity index (χ1n) is 9.60. The summed E-state index contributed by atoms with van der Waals surface area (Å²) in [5, 5.41) is 9.00. The van der Waals surface area contributed by atoms with Crippen LogP contribution >= 0.6 is 0 Å². The molecule has 3 amide bonds. The molecule has 158 valence electrons. The van der Waals surface area contributed by atoms with Crippen LogP contribution in [0.3, 0.4) is 0 Å². The molecule has 8 heteroatoms. The van der Waals surface area contributed by atoms with Gasteiger partial charge in [-0.2, -0.15) is 5.10 Å². The number of amides is 3. The van der Waals surface area contributed by atoms with Crippen LogP contribution in [0.4, 0.5) is 5.69 Å². The Bertz CT molecular complexity index is 923. The SMILES string of the molecule is CCCNC(=O)C(=O)N/N=C\c1ccc(OCC(=O)Nc2ccc(C)c(C)c2)cc1. The summed E-state index contributed by atoms with van der Waals surface area (Å²) in [5.41, 5.74) is 5.84. The van der Waals surface area contributed by atoms with E-state index in [9.17, 15) is 14.4 Å². The van der Waals surface area contributed by atoms with Gasteiger partial charge in [-0.05, 0) is 73.4 Å². The van der Waals surface area contributed by atoms with Crippen LogP contribution in [-0.2, 0) is 14.4 Å². The Balaban J connectivity index is 1.78. The number of rotatable bonds is 8. The van der Waals surface area contributed by atoms with Gasteiger partial charge in [-0.25, -0.2) is 5.43 Å². The van der Waals surface area contributed by atoms with Crippen LogP contribution in [0.15, 0.2) is 47.6 Å². The largest absolute Gasteiger partial charge is 0.484 e. The molecule has 8 nitrogen and oxygen atoms in total. The first-order chi connectivity index (χ1) is 14.4. The van der Waals surface area contributed by atoms with E-state index < -0.39 is 11.8 Å². The third kappa shape index (κ3) is 7.38. The van der Waals surface area contributed by atoms with E-state index in [2.05, 4.69) is 21.2 Å². The average molecular weight is 410 g/mol. The summed E-state index contributed by atoms with van der Waals surface area (Å²) in [6.07, 6.45) is 2.14. The lowest BCUT2D eigenvalue weighted by Crippen LogP contribution is -2.38. The minimum absolute atomic E-state index is 0.122. The third-order valence-corrected chi connectivity index (χ3v) is 4.16. The molecule has 0 radical (unpaired) electrons. The molecule has 0 heterocycles. The molecule has 3 N–H and O–H groups in total. The predicted octanol–water partition coefficient (Wildman–Crippen LogP) is 2.30. The fourth-order valence-corrected chi connectivity index (χ4v) is 2.35. The molecule has 2 aromatic rings. The van der Waals surface area contributed by atoms with Crippen molar-refractivity contribution in [1.29, 1.82) is 0 Å². The Kier molecular flexibility index (Phi) is 8.56. The van der Waals surface area contributed by atoms with Crippen molar-refractivity contribution in [1.82, 2.24) is 10.7 Å². The summed E-state index contributed by atoms with van der Waals surface area (Å²) in [4.78, 5) is 35.0. The first kappa shape index (κ1) is 22.6. The Hall–Kier alpha value is -3.68. The second-order valence-electron chi connectivity index (χ2n) is 6.66. The molecular formula is C22H26N4O4. The summed E-state index contributed by atoms with van der Waals surface area (Å²) >= 11 is 0. The number of anilines is 1. The van der Waals surface area contributed by atoms with E-state index in [4.69, 9.17) is 4.74 Å². The molecule has 0 saturated heterocycles. The summed E-state index contributed by atoms with van der Waals surface area (Å²) in [7, 11) is 0. The van der Waals surface area contributed by atoms with E-state index in [0.717, 1.165) is 23.2 Å². The van der Waals surface area contributed by atoms with Gasteiger partial charge >= 0.3 is 11.8 Å². The summed E-state index contributed by atoms with van der Waals surface area (Å²) < 4.78 is 5.48. The van der Waals surface area contributed by atoms with Crippen molar-refractivity contribution >= 4 is 29.6 Å². The van der Waals surface area contributed by atoms with Crippen molar-refractivity contribution in [2.24, 2.45) is 5.10 Å². The van der Waals surface area contributed by atoms with Crippen molar-refractivity contribution in [3.05, 3.63) is 59.2 Å². The second kappa shape index (κ2) is 11.4. The van der Waals surface area contributed by atoms with Crippen molar-refractivity contribution in [2.45, 2.75) is 27.2 Å². The number of hydrazone groups is 1. The van der Waals surface area contributed by atoms with Crippen LogP contribution < -0.4 is 20.8 Å². The van der Waals surface area contributed by atoms with Gasteiger partial charge in [-0.1, -0.05) is 13.0 Å². The molecule has 0 saturated carbocycles. The lowest BCUT2D eigenvalue weighted by atomic mass is 10.1. The third-order valence-electron chi connectivity index (χ3n) is 4.16. The highest BCUT2D eigenvalue weighted by Crippen LogP contribution is 2.15. The number of benzene rings is 2. The Morgan fingerprint density at radius 3 is 2.40 bits per heavy atom. The molecule has 0 spiro atoms. The van der Waals surface area contributed by atoms with Crippen molar-refractivity contribution in [2.75, 3.05) is 18.5 Å². The standard InChI is InChI=1S/C22H26N4O4/c1-4-11-23-21(28)22(29)26-24-13-17-6-9-19(10-7-17)30-14-20(27)25-18-8-5-15(2)16(3)12-18/h5-10,12-13H,4,11,14H2,1-3H3,(H,23,28)(H,25,27)(H,26,29)/b24-13-. The fraction of sp³-hybridized carbons (Fsp3) is 0.273. The highest BCUT2D eigenvalue weighted by atomic mass is 16.5. The van der Waals surface area contributed by atoms with Gasteiger partial charge in [0.15, 0.2) is 6.61 Å². The molecule has 0 aliphatic rings. The van der Waals surface area contributed by atoms with Gasteiger partial charge in [-0.3, -0.25) is 14.4 Å². The fourth-order valence-electron chi connectivity index (χ4n) is 2.35. The molecule has 0 aliphatic carbocycles. The van der Waals surface area contributed by atoms with Crippen LogP contribution in [0.2, 0.25) is 0 Å². The number of aryl methyl sites for hydroxylation is 2. The minimum Gasteiger partial charge on any atom is -0.484 e. The number of nitrogens with one attached hydrogen (secondary N) is 3. The van der Waals surface area contributed by atoms with E-state index >= 15 is 0 Å². The molecule has 0 aromatic heterocycles. The second-order valence-corrected chi connectivity index (χ2v) is 6.66. The molecule has 0 bridgehead atoms. The molecule has 30 heavy (non-hydrogen) atoms. The van der Waals surface area contributed by atoms with Crippen molar-refractivity contribution in [3.8, 4) is 5.75 Å². The monoisotopic (exact) mass is 410 g/mol. The lowest BCUT2D eigenvalue weighted by molar-refractivity contribution is -0.139. The van der Waals surface area contributed by atoms with Gasteiger partial charge in [0.05, 0.1) is 6.21 Å². The van der Waals surface area contributed by atoms with E-state index in [0.29, 0.717) is 17.9 Å². The normalized spacial score (nSPS) is 10.5. The zero-order chi connectivity index (χ0) is 21.9. The Labute approximate surface area is 175 Å². The van der Waals surface area contributed by atoms with Gasteiger partial charge in [0, 0.05) is 12.2 Å². The zero-order valence-corrected chi connectivity index (χ0v) is 17.3. The van der Waals surface area contributed by atoms with Crippen LogP contribution in [0.5, 0.6) is 5.75 Å². The van der Waals surface area contributed by atoms with Gasteiger partial charge < -0.3 is 15.4 Å². The molecule has 0 aliphatic heterocycles. The highest BCUT2D eigenvalue weighted by Gasteiger charge is 2.10. The van der Waals surface area contributed by atoms with Crippen molar-refractivity contribution in [3.63, 3.8) is 0 Å². The number of hydrogen-bond donors (Lipinski definition) is 3. The van der Waals surface area contributed by atoms with Gasteiger partial charge in [0.1, 0.15) is 5.75 Å². The van der Waals surface area contributed by atoms with Crippen molar-refractivity contribution < 1.29 is 19.1 Å². The van der Waals surface area contributed by atoms with Crippen LogP contribution in [0.1, 0.15) is 30.0 Å². The number of nitrogens with zero attached hydrogens (tertiary/aromatic N) is 1. The Morgan fingerprint density at radius 1 is 1.00 bits per heavy atom. The van der Waals surface area contributed by atoms with Crippen LogP contribution in [0, 0.1) is 13.8 Å². The van der Waals surface area contributed by atoms with E-state index in [-0.39, 0.29) is 12.5 Å². The number of hydrogen-bond acceptors (Lipinski definition) is 5. The maximum atomic E-state index is 12.0. The van der Waals surface area contributed by atoms with Gasteiger partial charge in [-0.15, -0.1) is 0 Å². The van der Waals surface area contributed by atoms with Gasteiger partial charge in [0.2, 0.25) is 0 Å². The van der Waals surface area contributed by atoms with E-state index in [1.807, 2.05) is 39.0 Å². The minimum atomic E-state index is -0.825. The molecular weight excluding hydrogens is 384 g/mol. The zero-order valence-electron chi connectivity index (χ0n) is 17.3. The summed E-state index contributed by atoms with van der Waals surface area (Å²) in [6.45, 7) is 6.19. The van der Waals surface area contributed by atoms with E-state index in [1.54, 1.807) is 24.3 Å². The smallest absolute Gasteiger partial charge is 0.329 e. The molecule has 0 atom stereocenters. The molecule has 2 rings (SSSR count). The van der Waals surface area contributed by atoms with Gasteiger partial charge in [0.25, 0.3) is 5.91 Å². The number of carbonyl (C=O) groups is 3. The average Bonchev–Trinajstić information content (AvgIpc) is 2.74. The molecule has 0 fully saturated rings. The molecule has 2 aromatic carbocycles. The number of carbonyl (C=O) groups excluding carboxylic acids is 3. The summed E-state index contributed by atoms with van der Waals surface area (Å²) in [6, 6.07) is 12.5. The topological polar surface area (TPSA) is 109 Å². The van der Waals surface area contributed by atoms with E-state index in [1.165, 1.54) is 6.21 Å². The maximum absolute atomic E-state index is 12.0. The quantitative estimate of drug-likeness (QED) is 0.352. The first-order valence-corrected chi connectivity index (χ1v) is 9.60. The lowest BCUT2D eigenvalue weighted by Gasteiger charge is -2.09. The highest BCUT2D eigenvalue weighted by molar-refractivity contribution is 6.35. The summed E-state index contributed by atoms with van der Waals surface area (Å²) in [5.74, 6) is -1.29. The Morgan fingerprint density at radius 2 is 1.73 bits per heavy atom. The number of ether oxygens (including phenoxy) is 1. The maximum Gasteiger partial charge on any atom is 0.329 e. The molecule has 0 unspecified atom stereocenters. The predicted molar refractivity (Wildman–Crippen MR) is 116 cm³/mol. The van der Waals surface area contributed by atoms with Crippen LogP contribution in [-0.4, -0.2) is 37.1 Å².